The molecule has 1 unspecified atom stereocenters. The van der Waals surface area contributed by atoms with Gasteiger partial charge in [-0.1, -0.05) is 41.9 Å². The highest BCUT2D eigenvalue weighted by molar-refractivity contribution is 6.27. The normalized spacial score (nSPS) is 38.2. The second-order valence-corrected chi connectivity index (χ2v) is 6.24. The van der Waals surface area contributed by atoms with E-state index < -0.39 is 47.1 Å². The van der Waals surface area contributed by atoms with Crippen LogP contribution in [0.25, 0.3) is 0 Å². The Hall–Kier alpha value is -1.59. The Bertz CT molecular complexity index is 669. The van der Waals surface area contributed by atoms with E-state index in [1.807, 2.05) is 0 Å². The maximum Gasteiger partial charge on any atom is 0.298 e. The molecule has 1 heterocycles. The Balaban J connectivity index is 2.62. The van der Waals surface area contributed by atoms with Gasteiger partial charge in [-0.3, -0.25) is 9.59 Å². The monoisotopic (exact) mass is 375 g/mol. The van der Waals surface area contributed by atoms with Crippen LogP contribution in [0, 0.1) is 0 Å². The van der Waals surface area contributed by atoms with Gasteiger partial charge < -0.3 is 35.6 Å². The minimum Gasteiger partial charge on any atom is -0.394 e. The maximum atomic E-state index is 12.8. The molecule has 1 aromatic rings. The second kappa shape index (κ2) is 6.61. The third-order valence-corrected chi connectivity index (χ3v) is 4.51. The van der Waals surface area contributed by atoms with Crippen molar-refractivity contribution in [1.82, 2.24) is 5.32 Å². The molecule has 0 aliphatic carbocycles. The number of amides is 1. The number of halogens is 1. The van der Waals surface area contributed by atoms with E-state index in [2.05, 4.69) is 0 Å². The van der Waals surface area contributed by atoms with Crippen molar-refractivity contribution in [3.8, 4) is 0 Å². The number of hydrogen-bond donors (Lipinski definition) is 6. The van der Waals surface area contributed by atoms with E-state index in [1.165, 1.54) is 24.3 Å². The zero-order valence-corrected chi connectivity index (χ0v) is 13.8. The predicted octanol–water partition coefficient (Wildman–Crippen LogP) is -1.94. The van der Waals surface area contributed by atoms with Crippen LogP contribution in [0.2, 0.25) is 0 Å². The molecule has 5 atom stereocenters. The summed E-state index contributed by atoms with van der Waals surface area (Å²) in [5.41, 5.74) is -3.37. The van der Waals surface area contributed by atoms with Gasteiger partial charge in [0.15, 0.2) is 0 Å². The lowest BCUT2D eigenvalue weighted by molar-refractivity contribution is -0.387. The van der Waals surface area contributed by atoms with Crippen LogP contribution >= 0.6 is 11.6 Å². The summed E-state index contributed by atoms with van der Waals surface area (Å²) < 4.78 is 4.87. The molecule has 138 valence electrons. The lowest BCUT2D eigenvalue weighted by atomic mass is 9.76. The highest BCUT2D eigenvalue weighted by atomic mass is 35.5. The van der Waals surface area contributed by atoms with E-state index in [1.54, 1.807) is 11.4 Å². The highest BCUT2D eigenvalue weighted by Gasteiger charge is 2.75. The number of carbonyl (C=O) groups is 2. The van der Waals surface area contributed by atoms with Crippen molar-refractivity contribution >= 4 is 23.3 Å². The average molecular weight is 376 g/mol. The zero-order valence-electron chi connectivity index (χ0n) is 13.1. The van der Waals surface area contributed by atoms with Gasteiger partial charge in [-0.05, 0) is 0 Å². The molecule has 1 aliphatic rings. The highest BCUT2D eigenvalue weighted by Crippen LogP contribution is 2.46. The smallest absolute Gasteiger partial charge is 0.298 e. The molecule has 9 nitrogen and oxygen atoms in total. The fraction of sp³-hybridized carbons (Fsp3) is 0.467. The number of aliphatic hydroxyl groups excluding tert-OH is 2. The van der Waals surface area contributed by atoms with Gasteiger partial charge in [-0.15, -0.1) is 0 Å². The van der Waals surface area contributed by atoms with Crippen LogP contribution in [0.3, 0.4) is 0 Å². The zero-order chi connectivity index (χ0) is 19.0. The molecular weight excluding hydrogens is 358 g/mol. The average Bonchev–Trinajstić information content (AvgIpc) is 2.56. The van der Waals surface area contributed by atoms with Crippen molar-refractivity contribution in [2.24, 2.45) is 0 Å². The Morgan fingerprint density at radius 1 is 1.24 bits per heavy atom. The van der Waals surface area contributed by atoms with Gasteiger partial charge >= 0.3 is 0 Å². The number of nitrogens with one attached hydrogen (secondary N) is 1. The maximum absolute atomic E-state index is 12.8. The topological polar surface area (TPSA) is 157 Å². The van der Waals surface area contributed by atoms with Gasteiger partial charge in [0.25, 0.3) is 11.0 Å². The van der Waals surface area contributed by atoms with Crippen molar-refractivity contribution in [2.75, 3.05) is 6.61 Å². The molecule has 25 heavy (non-hydrogen) atoms. The molecule has 2 rings (SSSR count). The van der Waals surface area contributed by atoms with Crippen molar-refractivity contribution in [3.05, 3.63) is 35.9 Å². The van der Waals surface area contributed by atoms with E-state index in [0.29, 0.717) is 0 Å². The molecule has 1 amide bonds. The van der Waals surface area contributed by atoms with Crippen LogP contribution in [0.1, 0.15) is 17.3 Å². The Morgan fingerprint density at radius 3 is 2.28 bits per heavy atom. The largest absolute Gasteiger partial charge is 0.394 e. The third-order valence-electron chi connectivity index (χ3n) is 3.96. The lowest BCUT2D eigenvalue weighted by Crippen LogP contribution is -2.83. The number of ketones is 1. The van der Waals surface area contributed by atoms with Crippen LogP contribution in [0.4, 0.5) is 0 Å². The minimum absolute atomic E-state index is 0.146. The van der Waals surface area contributed by atoms with Crippen molar-refractivity contribution in [3.63, 3.8) is 0 Å². The SMILES string of the molecule is CC(=O)NC1(O)O[C@H](CO)[C@H](O)[C@](O)(C(=O)c2ccccc2)[C@@]1(O)Cl. The minimum atomic E-state index is -3.39. The van der Waals surface area contributed by atoms with Gasteiger partial charge in [0.2, 0.25) is 17.3 Å². The number of aliphatic hydroxyl groups is 5. The summed E-state index contributed by atoms with van der Waals surface area (Å²) >= 11 is 5.85. The number of hydrogen-bond acceptors (Lipinski definition) is 8. The lowest BCUT2D eigenvalue weighted by Gasteiger charge is -2.54. The van der Waals surface area contributed by atoms with Gasteiger partial charge in [0, 0.05) is 12.5 Å². The number of benzene rings is 1. The Labute approximate surface area is 147 Å². The van der Waals surface area contributed by atoms with Gasteiger partial charge in [0.05, 0.1) is 6.61 Å². The quantitative estimate of drug-likeness (QED) is 0.202. The molecular formula is C15H18ClNO8. The van der Waals surface area contributed by atoms with E-state index in [9.17, 15) is 35.1 Å². The third kappa shape index (κ3) is 2.93. The number of rotatable bonds is 4. The van der Waals surface area contributed by atoms with Crippen LogP contribution in [0.15, 0.2) is 30.3 Å². The van der Waals surface area contributed by atoms with E-state index in [-0.39, 0.29) is 5.56 Å². The fourth-order valence-corrected chi connectivity index (χ4v) is 2.96. The van der Waals surface area contributed by atoms with Crippen LogP contribution in [0.5, 0.6) is 0 Å². The Morgan fingerprint density at radius 2 is 1.80 bits per heavy atom. The first kappa shape index (κ1) is 19.7. The fourth-order valence-electron chi connectivity index (χ4n) is 2.67. The molecule has 10 heteroatoms. The van der Waals surface area contributed by atoms with E-state index >= 15 is 0 Å². The number of carbonyl (C=O) groups excluding carboxylic acids is 2. The molecule has 0 saturated carbocycles. The molecule has 6 N–H and O–H groups in total. The van der Waals surface area contributed by atoms with Crippen molar-refractivity contribution in [1.29, 1.82) is 0 Å². The van der Waals surface area contributed by atoms with Gasteiger partial charge in [-0.2, -0.15) is 0 Å². The first-order chi connectivity index (χ1) is 11.5. The second-order valence-electron chi connectivity index (χ2n) is 5.69. The summed E-state index contributed by atoms with van der Waals surface area (Å²) in [7, 11) is 0. The summed E-state index contributed by atoms with van der Waals surface area (Å²) in [4.78, 5) is 24.1. The van der Waals surface area contributed by atoms with Gasteiger partial charge in [-0.25, -0.2) is 0 Å². The number of alkyl halides is 1. The summed E-state index contributed by atoms with van der Waals surface area (Å²) in [6.07, 6.45) is -3.96. The number of ether oxygens (including phenoxy) is 1. The molecule has 1 aliphatic heterocycles. The first-order valence-corrected chi connectivity index (χ1v) is 7.60. The van der Waals surface area contributed by atoms with E-state index in [4.69, 9.17) is 16.3 Å². The molecule has 0 radical (unpaired) electrons. The summed E-state index contributed by atoms with van der Waals surface area (Å²) in [6.45, 7) is -0.00817. The molecule has 1 saturated heterocycles. The number of Topliss-reactive ketones (excluding diaryl/α,β-unsaturated/α-hetero) is 1. The summed E-state index contributed by atoms with van der Waals surface area (Å²) in [6, 6.07) is 7.05. The predicted molar refractivity (Wildman–Crippen MR) is 83.3 cm³/mol. The van der Waals surface area contributed by atoms with Crippen LogP contribution in [-0.2, 0) is 9.53 Å². The summed E-state index contributed by atoms with van der Waals surface area (Å²) in [5.74, 6) is -5.35. The van der Waals surface area contributed by atoms with E-state index in [0.717, 1.165) is 6.92 Å². The first-order valence-electron chi connectivity index (χ1n) is 7.22. The summed E-state index contributed by atoms with van der Waals surface area (Å²) in [5, 5.41) is 49.9. The molecule has 0 bridgehead atoms. The molecule has 0 spiro atoms. The van der Waals surface area contributed by atoms with Crippen molar-refractivity contribution < 1.29 is 39.9 Å². The van der Waals surface area contributed by atoms with Crippen LogP contribution in [-0.4, -0.2) is 72.6 Å². The molecule has 1 fully saturated rings. The standard InChI is InChI=1S/C15H18ClNO8/c1-8(19)17-15(24)14(16,23)13(22,12(21)10(7-18)25-15)11(20)9-5-3-2-4-6-9/h2-6,10,12,18,21-24H,7H2,1H3,(H,17,19)/t10-,12+,13-,14+,15?/m1/s1. The molecule has 1 aromatic carbocycles. The van der Waals surface area contributed by atoms with Gasteiger partial charge in [0.1, 0.15) is 12.2 Å². The Kier molecular flexibility index (Phi) is 5.22. The van der Waals surface area contributed by atoms with Crippen molar-refractivity contribution in [2.45, 2.75) is 35.7 Å². The van der Waals surface area contributed by atoms with Crippen LogP contribution < -0.4 is 5.32 Å². The molecule has 0 aromatic heterocycles.